The number of carbonyl (C=O) groups excluding carboxylic acids is 1. The van der Waals surface area contributed by atoms with Crippen LogP contribution in [-0.4, -0.2) is 22.1 Å². The first-order chi connectivity index (χ1) is 9.49. The number of hydrogen-bond acceptors (Lipinski definition) is 2. The number of aromatic nitrogens is 2. The van der Waals surface area contributed by atoms with Crippen molar-refractivity contribution < 1.29 is 13.6 Å². The van der Waals surface area contributed by atoms with E-state index >= 15 is 0 Å². The summed E-state index contributed by atoms with van der Waals surface area (Å²) in [6.07, 6.45) is 1.50. The fourth-order valence-corrected chi connectivity index (χ4v) is 1.97. The van der Waals surface area contributed by atoms with Gasteiger partial charge in [0, 0.05) is 17.3 Å². The van der Waals surface area contributed by atoms with Crippen molar-refractivity contribution in [1.82, 2.24) is 15.5 Å². The van der Waals surface area contributed by atoms with E-state index in [9.17, 15) is 13.6 Å². The number of benzene rings is 1. The molecular weight excluding hydrogens is 264 g/mol. The van der Waals surface area contributed by atoms with Crippen molar-refractivity contribution in [3.63, 3.8) is 0 Å². The van der Waals surface area contributed by atoms with Crippen molar-refractivity contribution in [2.24, 2.45) is 0 Å². The highest BCUT2D eigenvalue weighted by atomic mass is 19.1. The van der Waals surface area contributed by atoms with E-state index in [-0.39, 0.29) is 17.9 Å². The highest BCUT2D eigenvalue weighted by Gasteiger charge is 2.16. The van der Waals surface area contributed by atoms with E-state index in [1.165, 1.54) is 24.4 Å². The van der Waals surface area contributed by atoms with Crippen LogP contribution in [0.15, 0.2) is 24.4 Å². The Labute approximate surface area is 115 Å². The zero-order valence-corrected chi connectivity index (χ0v) is 11.2. The van der Waals surface area contributed by atoms with E-state index in [0.717, 1.165) is 0 Å². The first-order valence-corrected chi connectivity index (χ1v) is 6.22. The van der Waals surface area contributed by atoms with E-state index < -0.39 is 17.7 Å². The Balaban J connectivity index is 2.05. The molecule has 0 aliphatic heterocycles. The maximum atomic E-state index is 13.5. The second-order valence-electron chi connectivity index (χ2n) is 4.69. The lowest BCUT2D eigenvalue weighted by molar-refractivity contribution is 0.0939. The smallest absolute Gasteiger partial charge is 0.254 e. The highest BCUT2D eigenvalue weighted by Crippen LogP contribution is 2.14. The Morgan fingerprint density at radius 1 is 1.40 bits per heavy atom. The molecule has 6 heteroatoms. The van der Waals surface area contributed by atoms with Crippen LogP contribution in [-0.2, 0) is 6.42 Å². The largest absolute Gasteiger partial charge is 0.349 e. The van der Waals surface area contributed by atoms with Crippen molar-refractivity contribution >= 4 is 5.91 Å². The predicted molar refractivity (Wildman–Crippen MR) is 70.3 cm³/mol. The van der Waals surface area contributed by atoms with Crippen LogP contribution in [0, 0.1) is 18.6 Å². The first-order valence-electron chi connectivity index (χ1n) is 6.22. The van der Waals surface area contributed by atoms with E-state index in [1.54, 1.807) is 13.8 Å². The molecule has 1 unspecified atom stereocenters. The number of carbonyl (C=O) groups is 1. The van der Waals surface area contributed by atoms with Crippen LogP contribution in [0.1, 0.15) is 28.5 Å². The Kier molecular flexibility index (Phi) is 4.12. The molecule has 0 bridgehead atoms. The van der Waals surface area contributed by atoms with E-state index in [4.69, 9.17) is 0 Å². The van der Waals surface area contributed by atoms with Gasteiger partial charge >= 0.3 is 0 Å². The monoisotopic (exact) mass is 279 g/mol. The van der Waals surface area contributed by atoms with Gasteiger partial charge in [-0.15, -0.1) is 0 Å². The number of amides is 1. The van der Waals surface area contributed by atoms with Gasteiger partial charge in [0.15, 0.2) is 0 Å². The van der Waals surface area contributed by atoms with Crippen molar-refractivity contribution in [3.8, 4) is 0 Å². The minimum absolute atomic E-state index is 0.0239. The van der Waals surface area contributed by atoms with Crippen LogP contribution in [0.4, 0.5) is 8.78 Å². The molecular formula is C14H15F2N3O. The van der Waals surface area contributed by atoms with Gasteiger partial charge in [-0.1, -0.05) is 6.07 Å². The summed E-state index contributed by atoms with van der Waals surface area (Å²) in [6.45, 7) is 3.42. The molecule has 0 aliphatic rings. The summed E-state index contributed by atoms with van der Waals surface area (Å²) in [5.41, 5.74) is 1.04. The lowest BCUT2D eigenvalue weighted by Gasteiger charge is -2.14. The van der Waals surface area contributed by atoms with Gasteiger partial charge in [0.25, 0.3) is 5.91 Å². The quantitative estimate of drug-likeness (QED) is 0.902. The van der Waals surface area contributed by atoms with E-state index in [1.807, 2.05) is 0 Å². The molecule has 1 aromatic heterocycles. The van der Waals surface area contributed by atoms with Crippen molar-refractivity contribution in [2.45, 2.75) is 26.3 Å². The molecule has 4 nitrogen and oxygen atoms in total. The molecule has 1 atom stereocenters. The van der Waals surface area contributed by atoms with Gasteiger partial charge in [0.2, 0.25) is 0 Å². The summed E-state index contributed by atoms with van der Waals surface area (Å²) < 4.78 is 27.0. The topological polar surface area (TPSA) is 57.8 Å². The second-order valence-corrected chi connectivity index (χ2v) is 4.69. The van der Waals surface area contributed by atoms with Gasteiger partial charge in [0.05, 0.1) is 11.8 Å². The zero-order valence-electron chi connectivity index (χ0n) is 11.2. The average Bonchev–Trinajstić information content (AvgIpc) is 2.80. The lowest BCUT2D eigenvalue weighted by Crippen LogP contribution is -2.34. The fraction of sp³-hybridized carbons (Fsp3) is 0.286. The van der Waals surface area contributed by atoms with Gasteiger partial charge in [-0.3, -0.25) is 9.89 Å². The minimum Gasteiger partial charge on any atom is -0.349 e. The third-order valence-electron chi connectivity index (χ3n) is 3.02. The fourth-order valence-electron chi connectivity index (χ4n) is 1.97. The van der Waals surface area contributed by atoms with E-state index in [2.05, 4.69) is 15.5 Å². The SMILES string of the molecule is Cc1[nH]ncc1C(=O)NC(C)Cc1c(F)cccc1F. The predicted octanol–water partition coefficient (Wildman–Crippen LogP) is 2.36. The van der Waals surface area contributed by atoms with Gasteiger partial charge in [0.1, 0.15) is 11.6 Å². The number of aryl methyl sites for hydroxylation is 1. The maximum absolute atomic E-state index is 13.5. The van der Waals surface area contributed by atoms with Crippen molar-refractivity contribution in [1.29, 1.82) is 0 Å². The number of nitrogens with one attached hydrogen (secondary N) is 2. The summed E-state index contributed by atoms with van der Waals surface area (Å²) >= 11 is 0. The molecule has 106 valence electrons. The molecule has 2 rings (SSSR count). The highest BCUT2D eigenvalue weighted by molar-refractivity contribution is 5.95. The molecule has 0 fully saturated rings. The van der Waals surface area contributed by atoms with Crippen LogP contribution in [0.5, 0.6) is 0 Å². The third kappa shape index (κ3) is 3.01. The average molecular weight is 279 g/mol. The van der Waals surface area contributed by atoms with Gasteiger partial charge in [-0.05, 0) is 32.4 Å². The zero-order chi connectivity index (χ0) is 14.7. The summed E-state index contributed by atoms with van der Waals surface area (Å²) in [6, 6.07) is 3.32. The molecule has 20 heavy (non-hydrogen) atoms. The third-order valence-corrected chi connectivity index (χ3v) is 3.02. The van der Waals surface area contributed by atoms with Crippen molar-refractivity contribution in [3.05, 3.63) is 52.9 Å². The summed E-state index contributed by atoms with van der Waals surface area (Å²) in [4.78, 5) is 11.9. The molecule has 1 amide bonds. The maximum Gasteiger partial charge on any atom is 0.254 e. The van der Waals surface area contributed by atoms with Gasteiger partial charge in [-0.25, -0.2) is 8.78 Å². The minimum atomic E-state index is -0.606. The summed E-state index contributed by atoms with van der Waals surface area (Å²) in [5, 5.41) is 9.11. The Morgan fingerprint density at radius 2 is 2.05 bits per heavy atom. The summed E-state index contributed by atoms with van der Waals surface area (Å²) in [5.74, 6) is -1.53. The second kappa shape index (κ2) is 5.81. The molecule has 0 saturated carbocycles. The number of H-pyrrole nitrogens is 1. The number of nitrogens with zero attached hydrogens (tertiary/aromatic N) is 1. The molecule has 0 saturated heterocycles. The number of aromatic amines is 1. The molecule has 0 radical (unpaired) electrons. The molecule has 1 aromatic carbocycles. The van der Waals surface area contributed by atoms with Crippen molar-refractivity contribution in [2.75, 3.05) is 0 Å². The molecule has 0 aliphatic carbocycles. The van der Waals surface area contributed by atoms with Crippen LogP contribution in [0.2, 0.25) is 0 Å². The summed E-state index contributed by atoms with van der Waals surface area (Å²) in [7, 11) is 0. The molecule has 2 N–H and O–H groups in total. The normalized spacial score (nSPS) is 12.2. The van der Waals surface area contributed by atoms with Crippen LogP contribution in [0.3, 0.4) is 0 Å². The van der Waals surface area contributed by atoms with Crippen LogP contribution >= 0.6 is 0 Å². The molecule has 1 heterocycles. The standard InChI is InChI=1S/C14H15F2N3O/c1-8(6-10-12(15)4-3-5-13(10)16)18-14(20)11-7-17-19-9(11)2/h3-5,7-8H,6H2,1-2H3,(H,17,19)(H,18,20). The molecule has 2 aromatic rings. The Morgan fingerprint density at radius 3 is 2.60 bits per heavy atom. The Bertz CT molecular complexity index is 604. The Hall–Kier alpha value is -2.24. The van der Waals surface area contributed by atoms with E-state index in [0.29, 0.717) is 11.3 Å². The van der Waals surface area contributed by atoms with Gasteiger partial charge in [-0.2, -0.15) is 5.10 Å². The van der Waals surface area contributed by atoms with Crippen LogP contribution in [0.25, 0.3) is 0 Å². The first kappa shape index (κ1) is 14.2. The van der Waals surface area contributed by atoms with Crippen LogP contribution < -0.4 is 5.32 Å². The van der Waals surface area contributed by atoms with Gasteiger partial charge < -0.3 is 5.32 Å². The number of rotatable bonds is 4. The molecule has 0 spiro atoms. The number of halogens is 2. The number of hydrogen-bond donors (Lipinski definition) is 2. The lowest BCUT2D eigenvalue weighted by atomic mass is 10.1.